The summed E-state index contributed by atoms with van der Waals surface area (Å²) >= 11 is 0. The van der Waals surface area contributed by atoms with Gasteiger partial charge in [0, 0.05) is 6.04 Å². The molecular weight excluding hydrogens is 162 g/mol. The number of nitrogens with one attached hydrogen (secondary N) is 1. The standard InChI is InChI=1S/C10H15N3/c1-7-11-9-5-4-8(13(2)3)6-10(9)12-7/h5-6,8H,4H2,1-3H3,(H,11,12). The lowest BCUT2D eigenvalue weighted by Gasteiger charge is -2.20. The molecule has 0 saturated heterocycles. The van der Waals surface area contributed by atoms with Crippen LogP contribution in [0.3, 0.4) is 0 Å². The lowest BCUT2D eigenvalue weighted by molar-refractivity contribution is 0.362. The van der Waals surface area contributed by atoms with E-state index in [0.29, 0.717) is 6.04 Å². The first-order chi connectivity index (χ1) is 6.16. The van der Waals surface area contributed by atoms with E-state index in [9.17, 15) is 0 Å². The third-order valence-electron chi connectivity index (χ3n) is 2.45. The van der Waals surface area contributed by atoms with Crippen molar-refractivity contribution in [3.8, 4) is 0 Å². The zero-order valence-corrected chi connectivity index (χ0v) is 8.33. The predicted molar refractivity (Wildman–Crippen MR) is 53.6 cm³/mol. The van der Waals surface area contributed by atoms with E-state index < -0.39 is 0 Å². The molecule has 0 aliphatic heterocycles. The van der Waals surface area contributed by atoms with Crippen molar-refractivity contribution in [3.63, 3.8) is 0 Å². The average Bonchev–Trinajstić information content (AvgIpc) is 2.42. The highest BCUT2D eigenvalue weighted by atomic mass is 15.1. The molecule has 70 valence electrons. The highest BCUT2D eigenvalue weighted by Gasteiger charge is 2.10. The van der Waals surface area contributed by atoms with Crippen molar-refractivity contribution < 1.29 is 0 Å². The normalized spacial score (nSPS) is 20.8. The van der Waals surface area contributed by atoms with E-state index in [-0.39, 0.29) is 0 Å². The topological polar surface area (TPSA) is 31.9 Å². The van der Waals surface area contributed by atoms with Crippen LogP contribution in [0.2, 0.25) is 0 Å². The van der Waals surface area contributed by atoms with Gasteiger partial charge in [-0.05, 0) is 33.5 Å². The molecule has 0 bridgehead atoms. The van der Waals surface area contributed by atoms with Crippen LogP contribution in [-0.2, 0) is 0 Å². The van der Waals surface area contributed by atoms with Gasteiger partial charge in [0.1, 0.15) is 5.82 Å². The van der Waals surface area contributed by atoms with Crippen molar-refractivity contribution in [2.24, 2.45) is 0 Å². The number of aromatic amines is 1. The van der Waals surface area contributed by atoms with Crippen LogP contribution in [-0.4, -0.2) is 35.0 Å². The number of aromatic nitrogens is 2. The lowest BCUT2D eigenvalue weighted by atomic mass is 10.1. The molecule has 1 aromatic heterocycles. The van der Waals surface area contributed by atoms with Crippen LogP contribution in [0.1, 0.15) is 12.2 Å². The SMILES string of the molecule is Cc1nc2c([nH]1)=CC(N(C)C)CC=2. The maximum atomic E-state index is 4.38. The molecule has 0 amide bonds. The second kappa shape index (κ2) is 3.00. The Kier molecular flexibility index (Phi) is 1.96. The van der Waals surface area contributed by atoms with Crippen LogP contribution >= 0.6 is 0 Å². The Labute approximate surface area is 77.8 Å². The van der Waals surface area contributed by atoms with Crippen LogP contribution in [0, 0.1) is 6.92 Å². The molecule has 0 radical (unpaired) electrons. The zero-order valence-electron chi connectivity index (χ0n) is 8.33. The van der Waals surface area contributed by atoms with Gasteiger partial charge in [0.25, 0.3) is 0 Å². The monoisotopic (exact) mass is 177 g/mol. The van der Waals surface area contributed by atoms with Crippen LogP contribution < -0.4 is 10.7 Å². The Morgan fingerprint density at radius 1 is 1.54 bits per heavy atom. The number of imidazole rings is 1. The molecule has 0 spiro atoms. The predicted octanol–water partition coefficient (Wildman–Crippen LogP) is -0.387. The van der Waals surface area contributed by atoms with Gasteiger partial charge in [-0.25, -0.2) is 4.98 Å². The van der Waals surface area contributed by atoms with Gasteiger partial charge in [-0.3, -0.25) is 0 Å². The highest BCUT2D eigenvalue weighted by Crippen LogP contribution is 2.03. The summed E-state index contributed by atoms with van der Waals surface area (Å²) in [7, 11) is 4.20. The molecule has 1 aliphatic carbocycles. The number of hydrogen-bond donors (Lipinski definition) is 1. The van der Waals surface area contributed by atoms with Crippen LogP contribution in [0.15, 0.2) is 0 Å². The van der Waals surface area contributed by atoms with E-state index in [1.165, 1.54) is 5.35 Å². The van der Waals surface area contributed by atoms with Crippen molar-refractivity contribution >= 4 is 12.2 Å². The van der Waals surface area contributed by atoms with Gasteiger partial charge >= 0.3 is 0 Å². The van der Waals surface area contributed by atoms with Gasteiger partial charge in [-0.1, -0.05) is 6.08 Å². The van der Waals surface area contributed by atoms with Crippen LogP contribution in [0.25, 0.3) is 12.2 Å². The number of hydrogen-bond acceptors (Lipinski definition) is 2. The maximum Gasteiger partial charge on any atom is 0.104 e. The van der Waals surface area contributed by atoms with E-state index in [1.807, 2.05) is 6.92 Å². The van der Waals surface area contributed by atoms with E-state index in [2.05, 4.69) is 41.1 Å². The fourth-order valence-corrected chi connectivity index (χ4v) is 1.66. The van der Waals surface area contributed by atoms with Crippen LogP contribution in [0.5, 0.6) is 0 Å². The molecule has 1 N–H and O–H groups in total. The van der Waals surface area contributed by atoms with Crippen molar-refractivity contribution in [2.45, 2.75) is 19.4 Å². The minimum Gasteiger partial charge on any atom is -0.342 e. The molecule has 13 heavy (non-hydrogen) atoms. The second-order valence-electron chi connectivity index (χ2n) is 3.76. The van der Waals surface area contributed by atoms with Gasteiger partial charge in [-0.15, -0.1) is 0 Å². The maximum absolute atomic E-state index is 4.38. The Balaban J connectivity index is 2.48. The van der Waals surface area contributed by atoms with Crippen LogP contribution in [0.4, 0.5) is 0 Å². The van der Waals surface area contributed by atoms with Crippen molar-refractivity contribution in [3.05, 3.63) is 16.5 Å². The summed E-state index contributed by atoms with van der Waals surface area (Å²) < 4.78 is 0. The van der Waals surface area contributed by atoms with Gasteiger partial charge in [-0.2, -0.15) is 0 Å². The summed E-state index contributed by atoms with van der Waals surface area (Å²) in [6, 6.07) is 0.507. The Hall–Kier alpha value is -1.09. The largest absolute Gasteiger partial charge is 0.342 e. The van der Waals surface area contributed by atoms with Crippen molar-refractivity contribution in [2.75, 3.05) is 14.1 Å². The average molecular weight is 177 g/mol. The molecule has 1 unspecified atom stereocenters. The number of nitrogens with zero attached hydrogens (tertiary/aromatic N) is 2. The van der Waals surface area contributed by atoms with Crippen molar-refractivity contribution in [1.82, 2.24) is 14.9 Å². The quantitative estimate of drug-likeness (QED) is 0.634. The lowest BCUT2D eigenvalue weighted by Crippen LogP contribution is -2.36. The minimum atomic E-state index is 0.507. The summed E-state index contributed by atoms with van der Waals surface area (Å²) in [4.78, 5) is 9.86. The molecule has 1 aromatic rings. The molecule has 3 nitrogen and oxygen atoms in total. The molecule has 0 fully saturated rings. The first-order valence-corrected chi connectivity index (χ1v) is 4.58. The fourth-order valence-electron chi connectivity index (χ4n) is 1.66. The Morgan fingerprint density at radius 3 is 3.00 bits per heavy atom. The van der Waals surface area contributed by atoms with E-state index in [4.69, 9.17) is 0 Å². The summed E-state index contributed by atoms with van der Waals surface area (Å²) in [5.41, 5.74) is 0. The molecule has 1 aliphatic rings. The molecular formula is C10H15N3. The van der Waals surface area contributed by atoms with Gasteiger partial charge in [0.15, 0.2) is 0 Å². The van der Waals surface area contributed by atoms with E-state index >= 15 is 0 Å². The molecule has 1 heterocycles. The Bertz CT molecular complexity index is 414. The smallest absolute Gasteiger partial charge is 0.104 e. The minimum absolute atomic E-state index is 0.507. The molecule has 0 aromatic carbocycles. The highest BCUT2D eigenvalue weighted by molar-refractivity contribution is 5.39. The number of H-pyrrole nitrogens is 1. The zero-order chi connectivity index (χ0) is 9.42. The summed E-state index contributed by atoms with van der Waals surface area (Å²) in [6.45, 7) is 1.99. The Morgan fingerprint density at radius 2 is 2.31 bits per heavy atom. The summed E-state index contributed by atoms with van der Waals surface area (Å²) in [5, 5.41) is 2.28. The van der Waals surface area contributed by atoms with Gasteiger partial charge in [0.2, 0.25) is 0 Å². The number of fused-ring (bicyclic) bond motifs is 1. The number of aryl methyl sites for hydroxylation is 1. The van der Waals surface area contributed by atoms with Crippen molar-refractivity contribution in [1.29, 1.82) is 0 Å². The molecule has 2 rings (SSSR count). The van der Waals surface area contributed by atoms with Gasteiger partial charge in [0.05, 0.1) is 10.7 Å². The fraction of sp³-hybridized carbons (Fsp3) is 0.500. The van der Waals surface area contributed by atoms with Gasteiger partial charge < -0.3 is 9.88 Å². The third-order valence-corrected chi connectivity index (χ3v) is 2.45. The second-order valence-corrected chi connectivity index (χ2v) is 3.76. The third kappa shape index (κ3) is 1.52. The first-order valence-electron chi connectivity index (χ1n) is 4.58. The first kappa shape index (κ1) is 8.51. The summed E-state index contributed by atoms with van der Waals surface area (Å²) in [5.74, 6) is 0.997. The molecule has 0 saturated carbocycles. The molecule has 1 atom stereocenters. The molecule has 3 heteroatoms. The number of rotatable bonds is 1. The summed E-state index contributed by atoms with van der Waals surface area (Å²) in [6.07, 6.45) is 5.50. The van der Waals surface area contributed by atoms with E-state index in [1.54, 1.807) is 0 Å². The van der Waals surface area contributed by atoms with E-state index in [0.717, 1.165) is 17.6 Å².